The summed E-state index contributed by atoms with van der Waals surface area (Å²) in [6, 6.07) is 10.1. The van der Waals surface area contributed by atoms with Crippen molar-refractivity contribution in [2.45, 2.75) is 24.5 Å². The lowest BCUT2D eigenvalue weighted by atomic mass is 10.2. The second kappa shape index (κ2) is 5.96. The van der Waals surface area contributed by atoms with Crippen molar-refractivity contribution in [3.05, 3.63) is 57.3 Å². The van der Waals surface area contributed by atoms with Gasteiger partial charge >= 0.3 is 0 Å². The Bertz CT molecular complexity index is 570. The molecule has 1 aromatic heterocycles. The van der Waals surface area contributed by atoms with Crippen LogP contribution in [0.5, 0.6) is 0 Å². The second-order valence-electron chi connectivity index (χ2n) is 4.14. The number of rotatable bonds is 3. The molecule has 0 fully saturated rings. The summed E-state index contributed by atoms with van der Waals surface area (Å²) in [5.41, 5.74) is 3.55. The molecule has 1 nitrogen and oxygen atoms in total. The molecular formula is C14H13Cl2NS. The average molecular weight is 298 g/mol. The largest absolute Gasteiger partial charge is 0.224 e. The zero-order chi connectivity index (χ0) is 13.1. The fourth-order valence-corrected chi connectivity index (χ4v) is 3.17. The maximum Gasteiger partial charge on any atom is 0.134 e. The van der Waals surface area contributed by atoms with Crippen LogP contribution >= 0.6 is 35.0 Å². The minimum atomic E-state index is 0.431. The van der Waals surface area contributed by atoms with Crippen molar-refractivity contribution in [3.8, 4) is 0 Å². The van der Waals surface area contributed by atoms with E-state index >= 15 is 0 Å². The zero-order valence-electron chi connectivity index (χ0n) is 10.2. The third kappa shape index (κ3) is 3.41. The fourth-order valence-electron chi connectivity index (χ4n) is 1.57. The van der Waals surface area contributed by atoms with E-state index < -0.39 is 0 Å². The molecule has 0 aliphatic heterocycles. The van der Waals surface area contributed by atoms with Crippen LogP contribution in [-0.4, -0.2) is 4.98 Å². The summed E-state index contributed by atoms with van der Waals surface area (Å²) in [6.07, 6.45) is 0. The molecule has 0 unspecified atom stereocenters. The van der Waals surface area contributed by atoms with Crippen molar-refractivity contribution < 1.29 is 0 Å². The maximum atomic E-state index is 6.06. The van der Waals surface area contributed by atoms with Gasteiger partial charge in [0.25, 0.3) is 0 Å². The first-order valence-electron chi connectivity index (χ1n) is 5.57. The van der Waals surface area contributed by atoms with Gasteiger partial charge in [0.2, 0.25) is 0 Å². The lowest BCUT2D eigenvalue weighted by molar-refractivity contribution is 1.23. The van der Waals surface area contributed by atoms with Gasteiger partial charge in [-0.25, -0.2) is 4.98 Å². The highest BCUT2D eigenvalue weighted by molar-refractivity contribution is 7.98. The lowest BCUT2D eigenvalue weighted by Crippen LogP contribution is -1.88. The van der Waals surface area contributed by atoms with E-state index in [1.807, 2.05) is 6.07 Å². The summed E-state index contributed by atoms with van der Waals surface area (Å²) in [7, 11) is 0. The monoisotopic (exact) mass is 297 g/mol. The van der Waals surface area contributed by atoms with Gasteiger partial charge in [0.05, 0.1) is 0 Å². The minimum Gasteiger partial charge on any atom is -0.224 e. The van der Waals surface area contributed by atoms with Crippen LogP contribution in [0.15, 0.2) is 35.2 Å². The molecule has 0 atom stereocenters. The van der Waals surface area contributed by atoms with Crippen LogP contribution in [-0.2, 0) is 5.75 Å². The molecule has 0 saturated carbocycles. The molecule has 2 rings (SSSR count). The average Bonchev–Trinajstić information content (AvgIpc) is 2.32. The standard InChI is InChI=1S/C14H13Cl2NS/c1-9-3-4-10(2)12(7-9)18-8-11-5-6-13(15)17-14(11)16/h3-7H,8H2,1-2H3. The number of aromatic nitrogens is 1. The van der Waals surface area contributed by atoms with E-state index in [0.717, 1.165) is 11.3 Å². The van der Waals surface area contributed by atoms with Crippen LogP contribution in [0.25, 0.3) is 0 Å². The molecule has 0 bridgehead atoms. The van der Waals surface area contributed by atoms with Gasteiger partial charge in [-0.1, -0.05) is 47.0 Å². The van der Waals surface area contributed by atoms with Gasteiger partial charge in [0.15, 0.2) is 0 Å². The Morgan fingerprint density at radius 2 is 1.89 bits per heavy atom. The van der Waals surface area contributed by atoms with Gasteiger partial charge < -0.3 is 0 Å². The molecule has 0 aliphatic rings. The Kier molecular flexibility index (Phi) is 4.55. The summed E-state index contributed by atoms with van der Waals surface area (Å²) in [6.45, 7) is 4.21. The Hall–Kier alpha value is -0.700. The molecular weight excluding hydrogens is 285 g/mol. The summed E-state index contributed by atoms with van der Waals surface area (Å²) in [4.78, 5) is 5.32. The van der Waals surface area contributed by atoms with E-state index in [4.69, 9.17) is 23.2 Å². The number of hydrogen-bond acceptors (Lipinski definition) is 2. The van der Waals surface area contributed by atoms with E-state index in [2.05, 4.69) is 37.0 Å². The quantitative estimate of drug-likeness (QED) is 0.563. The second-order valence-corrected chi connectivity index (χ2v) is 5.90. The van der Waals surface area contributed by atoms with Crippen LogP contribution in [0.4, 0.5) is 0 Å². The number of halogens is 2. The Balaban J connectivity index is 2.13. The lowest BCUT2D eigenvalue weighted by Gasteiger charge is -2.07. The van der Waals surface area contributed by atoms with Crippen molar-refractivity contribution in [1.29, 1.82) is 0 Å². The molecule has 0 N–H and O–H groups in total. The highest BCUT2D eigenvalue weighted by atomic mass is 35.5. The predicted octanol–water partition coefficient (Wildman–Crippen LogP) is 5.30. The summed E-state index contributed by atoms with van der Waals surface area (Å²) in [5, 5.41) is 0.917. The number of pyridine rings is 1. The van der Waals surface area contributed by atoms with Gasteiger partial charge in [0.1, 0.15) is 10.3 Å². The molecule has 0 amide bonds. The van der Waals surface area contributed by atoms with Crippen molar-refractivity contribution in [2.24, 2.45) is 0 Å². The normalized spacial score (nSPS) is 10.7. The van der Waals surface area contributed by atoms with Crippen LogP contribution < -0.4 is 0 Å². The third-order valence-corrected chi connectivity index (χ3v) is 4.36. The topological polar surface area (TPSA) is 12.9 Å². The number of nitrogens with zero attached hydrogens (tertiary/aromatic N) is 1. The Labute approximate surface area is 122 Å². The predicted molar refractivity (Wildman–Crippen MR) is 79.7 cm³/mol. The Morgan fingerprint density at radius 1 is 1.11 bits per heavy atom. The molecule has 0 aliphatic carbocycles. The van der Waals surface area contributed by atoms with Gasteiger partial charge in [-0.2, -0.15) is 0 Å². The first kappa shape index (κ1) is 13.7. The first-order valence-corrected chi connectivity index (χ1v) is 7.31. The number of benzene rings is 1. The van der Waals surface area contributed by atoms with Crippen molar-refractivity contribution in [2.75, 3.05) is 0 Å². The van der Waals surface area contributed by atoms with Gasteiger partial charge in [-0.3, -0.25) is 0 Å². The van der Waals surface area contributed by atoms with Crippen molar-refractivity contribution in [1.82, 2.24) is 4.98 Å². The van der Waals surface area contributed by atoms with Gasteiger partial charge in [-0.05, 0) is 37.1 Å². The van der Waals surface area contributed by atoms with Crippen LogP contribution in [0.3, 0.4) is 0 Å². The van der Waals surface area contributed by atoms with Crippen LogP contribution in [0.2, 0.25) is 10.3 Å². The molecule has 2 aromatic rings. The minimum absolute atomic E-state index is 0.431. The molecule has 0 saturated heterocycles. The molecule has 1 aromatic carbocycles. The van der Waals surface area contributed by atoms with E-state index in [9.17, 15) is 0 Å². The van der Waals surface area contributed by atoms with E-state index in [1.54, 1.807) is 17.8 Å². The summed E-state index contributed by atoms with van der Waals surface area (Å²) in [5.74, 6) is 0.799. The fraction of sp³-hybridized carbons (Fsp3) is 0.214. The van der Waals surface area contributed by atoms with E-state index in [0.29, 0.717) is 10.3 Å². The van der Waals surface area contributed by atoms with Crippen LogP contribution in [0, 0.1) is 13.8 Å². The molecule has 18 heavy (non-hydrogen) atoms. The van der Waals surface area contributed by atoms with Gasteiger partial charge in [-0.15, -0.1) is 11.8 Å². The first-order chi connectivity index (χ1) is 8.56. The molecule has 4 heteroatoms. The highest BCUT2D eigenvalue weighted by Gasteiger charge is 2.05. The van der Waals surface area contributed by atoms with Crippen LogP contribution in [0.1, 0.15) is 16.7 Å². The van der Waals surface area contributed by atoms with E-state index in [1.165, 1.54) is 16.0 Å². The molecule has 94 valence electrons. The number of thioether (sulfide) groups is 1. The highest BCUT2D eigenvalue weighted by Crippen LogP contribution is 2.29. The molecule has 0 spiro atoms. The number of hydrogen-bond donors (Lipinski definition) is 0. The van der Waals surface area contributed by atoms with Crippen molar-refractivity contribution in [3.63, 3.8) is 0 Å². The SMILES string of the molecule is Cc1ccc(C)c(SCc2ccc(Cl)nc2Cl)c1. The van der Waals surface area contributed by atoms with E-state index in [-0.39, 0.29) is 0 Å². The summed E-state index contributed by atoms with van der Waals surface area (Å²) >= 11 is 13.6. The smallest absolute Gasteiger partial charge is 0.134 e. The Morgan fingerprint density at radius 3 is 2.61 bits per heavy atom. The number of aryl methyl sites for hydroxylation is 2. The molecule has 0 radical (unpaired) electrons. The van der Waals surface area contributed by atoms with Crippen molar-refractivity contribution >= 4 is 35.0 Å². The zero-order valence-corrected chi connectivity index (χ0v) is 12.5. The third-order valence-electron chi connectivity index (χ3n) is 2.62. The maximum absolute atomic E-state index is 6.06. The summed E-state index contributed by atoms with van der Waals surface area (Å²) < 4.78 is 0. The molecule has 1 heterocycles. The van der Waals surface area contributed by atoms with Gasteiger partial charge in [0, 0.05) is 10.6 Å².